The van der Waals surface area contributed by atoms with Crippen LogP contribution >= 0.6 is 0 Å². The molecule has 0 amide bonds. The highest BCUT2D eigenvalue weighted by Crippen LogP contribution is 2.36. The maximum atomic E-state index is 9.32. The van der Waals surface area contributed by atoms with Crippen molar-refractivity contribution in [3.63, 3.8) is 0 Å². The molecule has 3 nitrogen and oxygen atoms in total. The first kappa shape index (κ1) is 9.17. The van der Waals surface area contributed by atoms with Crippen molar-refractivity contribution in [2.45, 2.75) is 18.4 Å². The van der Waals surface area contributed by atoms with Crippen LogP contribution in [0.2, 0.25) is 0 Å². The number of nitrogens with zero attached hydrogens (tertiary/aromatic N) is 3. The molecule has 1 aliphatic rings. The van der Waals surface area contributed by atoms with Crippen molar-refractivity contribution in [1.82, 2.24) is 9.88 Å². The third-order valence-corrected chi connectivity index (χ3v) is 3.01. The highest BCUT2D eigenvalue weighted by molar-refractivity contribution is 5.30. The zero-order chi connectivity index (χ0) is 10.0. The van der Waals surface area contributed by atoms with Gasteiger partial charge < -0.3 is 0 Å². The van der Waals surface area contributed by atoms with Crippen molar-refractivity contribution >= 4 is 0 Å². The van der Waals surface area contributed by atoms with Gasteiger partial charge in [-0.15, -0.1) is 0 Å². The van der Waals surface area contributed by atoms with Crippen LogP contribution in [0.1, 0.15) is 18.4 Å². The van der Waals surface area contributed by atoms with Crippen LogP contribution in [0.15, 0.2) is 24.5 Å². The summed E-state index contributed by atoms with van der Waals surface area (Å²) in [5.41, 5.74) is 0.580. The average Bonchev–Trinajstić information content (AvgIpc) is 2.62. The summed E-state index contributed by atoms with van der Waals surface area (Å²) in [4.78, 5) is 6.19. The van der Waals surface area contributed by atoms with E-state index in [9.17, 15) is 5.26 Å². The van der Waals surface area contributed by atoms with Gasteiger partial charge in [0.05, 0.1) is 6.07 Å². The lowest BCUT2D eigenvalue weighted by atomic mass is 9.90. The molecule has 3 heteroatoms. The highest BCUT2D eigenvalue weighted by Gasteiger charge is 2.40. The van der Waals surface area contributed by atoms with E-state index in [1.807, 2.05) is 19.2 Å². The summed E-state index contributed by atoms with van der Waals surface area (Å²) in [5.74, 6) is 0. The number of hydrogen-bond donors (Lipinski definition) is 0. The van der Waals surface area contributed by atoms with Crippen molar-refractivity contribution < 1.29 is 0 Å². The molecule has 1 saturated heterocycles. The number of nitriles is 1. The summed E-state index contributed by atoms with van der Waals surface area (Å²) in [6, 6.07) is 6.30. The molecule has 0 bridgehead atoms. The molecular weight excluding hydrogens is 174 g/mol. The molecule has 0 saturated carbocycles. The molecule has 2 rings (SSSR count). The Kier molecular flexibility index (Phi) is 2.22. The van der Waals surface area contributed by atoms with Crippen LogP contribution in [0.25, 0.3) is 0 Å². The van der Waals surface area contributed by atoms with Crippen molar-refractivity contribution in [1.29, 1.82) is 5.26 Å². The molecule has 1 fully saturated rings. The summed E-state index contributed by atoms with van der Waals surface area (Å²) in [6.07, 6.45) is 5.53. The number of hydrogen-bond acceptors (Lipinski definition) is 3. The van der Waals surface area contributed by atoms with Gasteiger partial charge in [-0.25, -0.2) is 0 Å². The van der Waals surface area contributed by atoms with E-state index in [1.54, 1.807) is 12.4 Å². The van der Waals surface area contributed by atoms with Crippen LogP contribution in [-0.4, -0.2) is 23.5 Å². The van der Waals surface area contributed by atoms with Gasteiger partial charge in [0.15, 0.2) is 0 Å². The van der Waals surface area contributed by atoms with Crippen LogP contribution in [0.5, 0.6) is 0 Å². The Hall–Kier alpha value is -1.40. The van der Waals surface area contributed by atoms with Crippen molar-refractivity contribution in [2.75, 3.05) is 13.6 Å². The minimum absolute atomic E-state index is 0.436. The first-order valence-corrected chi connectivity index (χ1v) is 4.82. The minimum atomic E-state index is -0.436. The summed E-state index contributed by atoms with van der Waals surface area (Å²) in [5, 5.41) is 9.32. The van der Waals surface area contributed by atoms with E-state index >= 15 is 0 Å². The van der Waals surface area contributed by atoms with Gasteiger partial charge >= 0.3 is 0 Å². The van der Waals surface area contributed by atoms with Gasteiger partial charge in [0.25, 0.3) is 0 Å². The molecule has 1 atom stereocenters. The van der Waals surface area contributed by atoms with Crippen LogP contribution in [0.4, 0.5) is 0 Å². The summed E-state index contributed by atoms with van der Waals surface area (Å²) < 4.78 is 0. The SMILES string of the molecule is CN1CCC[C@@]1(C#N)c1cccnc1. The fourth-order valence-electron chi connectivity index (χ4n) is 2.13. The van der Waals surface area contributed by atoms with E-state index < -0.39 is 5.54 Å². The molecule has 14 heavy (non-hydrogen) atoms. The standard InChI is InChI=1S/C11H13N3/c1-14-7-3-5-11(14,9-12)10-4-2-6-13-8-10/h2,4,6,8H,3,5,7H2,1H3/t11-/m1/s1. The molecule has 2 heterocycles. The van der Waals surface area contributed by atoms with Crippen LogP contribution in [0.3, 0.4) is 0 Å². The number of rotatable bonds is 1. The largest absolute Gasteiger partial charge is 0.285 e. The van der Waals surface area contributed by atoms with Crippen molar-refractivity contribution in [2.24, 2.45) is 0 Å². The average molecular weight is 187 g/mol. The lowest BCUT2D eigenvalue weighted by Gasteiger charge is -2.28. The molecule has 1 aliphatic heterocycles. The molecule has 0 spiro atoms. The lowest BCUT2D eigenvalue weighted by molar-refractivity contribution is 0.240. The van der Waals surface area contributed by atoms with Gasteiger partial charge in [-0.1, -0.05) is 6.07 Å². The predicted molar refractivity (Wildman–Crippen MR) is 53.4 cm³/mol. The van der Waals surface area contributed by atoms with Gasteiger partial charge in [0, 0.05) is 18.0 Å². The van der Waals surface area contributed by atoms with Gasteiger partial charge in [-0.3, -0.25) is 9.88 Å². The van der Waals surface area contributed by atoms with Crippen molar-refractivity contribution in [3.8, 4) is 6.07 Å². The fourth-order valence-corrected chi connectivity index (χ4v) is 2.13. The monoisotopic (exact) mass is 187 g/mol. The second-order valence-corrected chi connectivity index (χ2v) is 3.74. The Balaban J connectivity index is 2.44. The van der Waals surface area contributed by atoms with E-state index in [-0.39, 0.29) is 0 Å². The predicted octanol–water partition coefficient (Wildman–Crippen LogP) is 1.53. The van der Waals surface area contributed by atoms with E-state index in [0.717, 1.165) is 24.9 Å². The third kappa shape index (κ3) is 1.19. The molecule has 0 radical (unpaired) electrons. The van der Waals surface area contributed by atoms with E-state index in [0.29, 0.717) is 0 Å². The second kappa shape index (κ2) is 3.39. The Morgan fingerprint density at radius 3 is 3.00 bits per heavy atom. The van der Waals surface area contributed by atoms with Crippen LogP contribution in [0, 0.1) is 11.3 Å². The molecule has 0 unspecified atom stereocenters. The summed E-state index contributed by atoms with van der Waals surface area (Å²) >= 11 is 0. The van der Waals surface area contributed by atoms with Gasteiger partial charge in [-0.05, 0) is 32.5 Å². The first-order valence-electron chi connectivity index (χ1n) is 4.82. The maximum Gasteiger partial charge on any atom is 0.136 e. The highest BCUT2D eigenvalue weighted by atomic mass is 15.2. The van der Waals surface area contributed by atoms with Crippen LogP contribution < -0.4 is 0 Å². The molecule has 0 aliphatic carbocycles. The summed E-state index contributed by atoms with van der Waals surface area (Å²) in [6.45, 7) is 0.989. The van der Waals surface area contributed by atoms with Gasteiger partial charge in [0.2, 0.25) is 0 Å². The van der Waals surface area contributed by atoms with Crippen molar-refractivity contribution in [3.05, 3.63) is 30.1 Å². The third-order valence-electron chi connectivity index (χ3n) is 3.01. The van der Waals surface area contributed by atoms with Crippen LogP contribution in [-0.2, 0) is 5.54 Å². The Morgan fingerprint density at radius 2 is 2.50 bits per heavy atom. The van der Waals surface area contributed by atoms with Gasteiger partial charge in [0.1, 0.15) is 5.54 Å². The Bertz CT molecular complexity index is 355. The zero-order valence-corrected chi connectivity index (χ0v) is 8.27. The lowest BCUT2D eigenvalue weighted by Crippen LogP contribution is -2.37. The van der Waals surface area contributed by atoms with Gasteiger partial charge in [-0.2, -0.15) is 5.26 Å². The maximum absolute atomic E-state index is 9.32. The molecule has 72 valence electrons. The number of pyridine rings is 1. The van der Waals surface area contributed by atoms with E-state index in [4.69, 9.17) is 0 Å². The topological polar surface area (TPSA) is 39.9 Å². The molecule has 1 aromatic rings. The number of aromatic nitrogens is 1. The second-order valence-electron chi connectivity index (χ2n) is 3.74. The first-order chi connectivity index (χ1) is 6.79. The molecule has 1 aromatic heterocycles. The molecule has 0 N–H and O–H groups in total. The van der Waals surface area contributed by atoms with E-state index in [1.165, 1.54) is 0 Å². The zero-order valence-electron chi connectivity index (χ0n) is 8.27. The smallest absolute Gasteiger partial charge is 0.136 e. The minimum Gasteiger partial charge on any atom is -0.285 e. The number of likely N-dealkylation sites (tertiary alicyclic amines) is 1. The van der Waals surface area contributed by atoms with E-state index in [2.05, 4.69) is 16.0 Å². The summed E-state index contributed by atoms with van der Waals surface area (Å²) in [7, 11) is 2.00. The molecule has 0 aromatic carbocycles. The quantitative estimate of drug-likeness (QED) is 0.669. The Morgan fingerprint density at radius 1 is 1.64 bits per heavy atom. The normalized spacial score (nSPS) is 27.4. The Labute approximate surface area is 84.0 Å². The molecular formula is C11H13N3. The fraction of sp³-hybridized carbons (Fsp3) is 0.455.